The lowest BCUT2D eigenvalue weighted by molar-refractivity contribution is -0.182. The van der Waals surface area contributed by atoms with Crippen LogP contribution >= 0.6 is 0 Å². The Morgan fingerprint density at radius 2 is 2.00 bits per heavy atom. The Kier molecular flexibility index (Phi) is 2.34. The summed E-state index contributed by atoms with van der Waals surface area (Å²) < 4.78 is 5.43. The van der Waals surface area contributed by atoms with Crippen LogP contribution < -0.4 is 5.73 Å². The Bertz CT molecular complexity index is 276. The summed E-state index contributed by atoms with van der Waals surface area (Å²) in [5.41, 5.74) is 5.74. The molecule has 0 radical (unpaired) electrons. The van der Waals surface area contributed by atoms with E-state index in [4.69, 9.17) is 10.5 Å². The van der Waals surface area contributed by atoms with E-state index in [0.29, 0.717) is 0 Å². The van der Waals surface area contributed by atoms with Crippen LogP contribution in [0.5, 0.6) is 0 Å². The highest BCUT2D eigenvalue weighted by Crippen LogP contribution is 2.59. The highest BCUT2D eigenvalue weighted by molar-refractivity contribution is 5.76. The van der Waals surface area contributed by atoms with Gasteiger partial charge in [-0.05, 0) is 45.4 Å². The maximum absolute atomic E-state index is 11.9. The Hall–Kier alpha value is -0.570. The molecule has 15 heavy (non-hydrogen) atoms. The fraction of sp³-hybridized carbons (Fsp3) is 0.917. The van der Waals surface area contributed by atoms with Crippen LogP contribution in [0.15, 0.2) is 0 Å². The molecular formula is C12H21NO2. The van der Waals surface area contributed by atoms with E-state index in [1.165, 1.54) is 6.42 Å². The highest BCUT2D eigenvalue weighted by atomic mass is 16.6. The predicted octanol–water partition coefficient (Wildman–Crippen LogP) is 1.85. The second kappa shape index (κ2) is 3.21. The van der Waals surface area contributed by atoms with Gasteiger partial charge in [0.1, 0.15) is 5.60 Å². The molecule has 2 saturated carbocycles. The smallest absolute Gasteiger partial charge is 0.310 e. The van der Waals surface area contributed by atoms with Gasteiger partial charge in [0, 0.05) is 6.04 Å². The molecule has 0 aromatic carbocycles. The molecule has 2 fully saturated rings. The third kappa shape index (κ3) is 1.67. The van der Waals surface area contributed by atoms with Crippen LogP contribution in [0.4, 0.5) is 0 Å². The number of carbonyl (C=O) groups is 1. The van der Waals surface area contributed by atoms with Gasteiger partial charge >= 0.3 is 5.97 Å². The Labute approximate surface area is 91.4 Å². The van der Waals surface area contributed by atoms with Crippen molar-refractivity contribution in [2.24, 2.45) is 17.1 Å². The van der Waals surface area contributed by atoms with E-state index in [-0.39, 0.29) is 28.9 Å². The Morgan fingerprint density at radius 3 is 2.33 bits per heavy atom. The zero-order chi connectivity index (χ0) is 11.3. The summed E-state index contributed by atoms with van der Waals surface area (Å²) >= 11 is 0. The third-order valence-electron chi connectivity index (χ3n) is 3.90. The molecule has 0 bridgehead atoms. The van der Waals surface area contributed by atoms with Gasteiger partial charge in [-0.1, -0.05) is 6.42 Å². The molecule has 0 saturated heterocycles. The minimum atomic E-state index is -0.373. The van der Waals surface area contributed by atoms with Crippen molar-refractivity contribution in [2.45, 2.75) is 58.1 Å². The normalized spacial score (nSPS) is 33.1. The van der Waals surface area contributed by atoms with E-state index in [1.54, 1.807) is 0 Å². The lowest BCUT2D eigenvalue weighted by atomic mass is 9.47. The van der Waals surface area contributed by atoms with Gasteiger partial charge in [0.25, 0.3) is 0 Å². The van der Waals surface area contributed by atoms with Gasteiger partial charge in [-0.2, -0.15) is 0 Å². The van der Waals surface area contributed by atoms with Crippen LogP contribution in [0.25, 0.3) is 0 Å². The van der Waals surface area contributed by atoms with Gasteiger partial charge in [-0.3, -0.25) is 4.79 Å². The SMILES string of the molecule is CC(C)(C)OC(=O)C1CC(N)C12CCC2. The quantitative estimate of drug-likeness (QED) is 0.673. The van der Waals surface area contributed by atoms with Crippen molar-refractivity contribution in [1.29, 1.82) is 0 Å². The summed E-state index contributed by atoms with van der Waals surface area (Å²) in [6, 6.07) is 0.226. The Balaban J connectivity index is 1.98. The van der Waals surface area contributed by atoms with Crippen LogP contribution in [-0.4, -0.2) is 17.6 Å². The van der Waals surface area contributed by atoms with Crippen molar-refractivity contribution in [3.05, 3.63) is 0 Å². The molecule has 3 heteroatoms. The van der Waals surface area contributed by atoms with Gasteiger partial charge in [-0.25, -0.2) is 0 Å². The van der Waals surface area contributed by atoms with Gasteiger partial charge in [-0.15, -0.1) is 0 Å². The number of ether oxygens (including phenoxy) is 1. The fourth-order valence-corrected chi connectivity index (χ4v) is 2.83. The van der Waals surface area contributed by atoms with Crippen LogP contribution in [0.3, 0.4) is 0 Å². The number of carbonyl (C=O) groups excluding carboxylic acids is 1. The molecule has 86 valence electrons. The largest absolute Gasteiger partial charge is 0.460 e. The second-order valence-electron chi connectivity index (χ2n) is 6.01. The average molecular weight is 211 g/mol. The molecule has 0 aromatic rings. The molecule has 2 rings (SSSR count). The molecule has 1 spiro atoms. The van der Waals surface area contributed by atoms with Crippen LogP contribution in [0.1, 0.15) is 46.5 Å². The van der Waals surface area contributed by atoms with E-state index in [9.17, 15) is 4.79 Å². The first-order chi connectivity index (χ1) is 6.85. The van der Waals surface area contributed by atoms with Crippen molar-refractivity contribution < 1.29 is 9.53 Å². The topological polar surface area (TPSA) is 52.3 Å². The fourth-order valence-electron chi connectivity index (χ4n) is 2.83. The monoisotopic (exact) mass is 211 g/mol. The molecule has 2 atom stereocenters. The van der Waals surface area contributed by atoms with Gasteiger partial charge < -0.3 is 10.5 Å². The molecule has 0 aliphatic heterocycles. The summed E-state index contributed by atoms with van der Waals surface area (Å²) in [5.74, 6) is 0.0318. The van der Waals surface area contributed by atoms with E-state index in [1.807, 2.05) is 20.8 Å². The second-order valence-corrected chi connectivity index (χ2v) is 6.01. The number of hydrogen-bond acceptors (Lipinski definition) is 3. The standard InChI is InChI=1S/C12H21NO2/c1-11(2,3)15-10(14)8-7-9(13)12(8)5-4-6-12/h8-9H,4-7,13H2,1-3H3. The molecule has 2 aliphatic carbocycles. The molecule has 3 nitrogen and oxygen atoms in total. The molecule has 2 N–H and O–H groups in total. The van der Waals surface area contributed by atoms with E-state index in [2.05, 4.69) is 0 Å². The third-order valence-corrected chi connectivity index (χ3v) is 3.90. The van der Waals surface area contributed by atoms with Crippen LogP contribution in [0, 0.1) is 11.3 Å². The number of esters is 1. The number of nitrogens with two attached hydrogens (primary N) is 1. The van der Waals surface area contributed by atoms with Crippen molar-refractivity contribution >= 4 is 5.97 Å². The zero-order valence-corrected chi connectivity index (χ0v) is 9.88. The van der Waals surface area contributed by atoms with Crippen LogP contribution in [-0.2, 0) is 9.53 Å². The Morgan fingerprint density at radius 1 is 1.40 bits per heavy atom. The molecule has 2 aliphatic rings. The molecule has 0 aromatic heterocycles. The molecule has 2 unspecified atom stereocenters. The highest BCUT2D eigenvalue weighted by Gasteiger charge is 2.60. The first kappa shape index (κ1) is 10.9. The minimum absolute atomic E-state index is 0.0381. The van der Waals surface area contributed by atoms with E-state index in [0.717, 1.165) is 19.3 Å². The van der Waals surface area contributed by atoms with Gasteiger partial charge in [0.2, 0.25) is 0 Å². The van der Waals surface area contributed by atoms with Crippen molar-refractivity contribution in [1.82, 2.24) is 0 Å². The van der Waals surface area contributed by atoms with Crippen molar-refractivity contribution in [2.75, 3.05) is 0 Å². The average Bonchev–Trinajstić information content (AvgIpc) is 1.92. The summed E-state index contributed by atoms with van der Waals surface area (Å²) in [6.07, 6.45) is 4.25. The maximum Gasteiger partial charge on any atom is 0.310 e. The predicted molar refractivity (Wildman–Crippen MR) is 58.2 cm³/mol. The zero-order valence-electron chi connectivity index (χ0n) is 9.88. The first-order valence-electron chi connectivity index (χ1n) is 5.84. The van der Waals surface area contributed by atoms with Gasteiger partial charge in [0.15, 0.2) is 0 Å². The first-order valence-corrected chi connectivity index (χ1v) is 5.84. The van der Waals surface area contributed by atoms with Gasteiger partial charge in [0.05, 0.1) is 5.92 Å². The molecule has 0 amide bonds. The lowest BCUT2D eigenvalue weighted by Gasteiger charge is -2.59. The van der Waals surface area contributed by atoms with Crippen LogP contribution in [0.2, 0.25) is 0 Å². The minimum Gasteiger partial charge on any atom is -0.460 e. The molecular weight excluding hydrogens is 190 g/mol. The maximum atomic E-state index is 11.9. The number of rotatable bonds is 1. The summed E-state index contributed by atoms with van der Waals surface area (Å²) in [6.45, 7) is 5.74. The van der Waals surface area contributed by atoms with E-state index >= 15 is 0 Å². The summed E-state index contributed by atoms with van der Waals surface area (Å²) in [4.78, 5) is 11.9. The van der Waals surface area contributed by atoms with Crippen molar-refractivity contribution in [3.63, 3.8) is 0 Å². The molecule has 0 heterocycles. The summed E-state index contributed by atoms with van der Waals surface area (Å²) in [7, 11) is 0. The van der Waals surface area contributed by atoms with Crippen molar-refractivity contribution in [3.8, 4) is 0 Å². The van der Waals surface area contributed by atoms with E-state index < -0.39 is 0 Å². The summed E-state index contributed by atoms with van der Waals surface area (Å²) in [5, 5.41) is 0. The lowest BCUT2D eigenvalue weighted by Crippen LogP contribution is -2.64. The number of hydrogen-bond donors (Lipinski definition) is 1.